The van der Waals surface area contributed by atoms with Gasteiger partial charge in [0.05, 0.1) is 0 Å². The Kier molecular flexibility index (Phi) is 2.41. The number of hydrogen-bond donors (Lipinski definition) is 2. The minimum Gasteiger partial charge on any atom is -0.302 e. The standard InChI is InChI=1S/C11H11FN2O/c1-7-10(11(15)14-13-7)6-8-3-2-4-9(12)5-8/h2-5H,6H2,1H3,(H2,13,14,15). The largest absolute Gasteiger partial charge is 0.302 e. The number of aromatic nitrogens is 2. The Balaban J connectivity index is 2.33. The SMILES string of the molecule is Cc1[nH][nH]c(=O)c1Cc1cccc(F)c1. The third-order valence-electron chi connectivity index (χ3n) is 2.36. The number of halogens is 1. The number of aryl methyl sites for hydroxylation is 1. The van der Waals surface area contributed by atoms with Crippen LogP contribution in [0, 0.1) is 12.7 Å². The van der Waals surface area contributed by atoms with Crippen molar-refractivity contribution in [1.29, 1.82) is 0 Å². The zero-order valence-corrected chi connectivity index (χ0v) is 8.30. The average Bonchev–Trinajstić information content (AvgIpc) is 2.50. The molecule has 1 aromatic carbocycles. The number of nitrogens with one attached hydrogen (secondary N) is 2. The first-order valence-electron chi connectivity index (χ1n) is 4.67. The summed E-state index contributed by atoms with van der Waals surface area (Å²) < 4.78 is 12.9. The summed E-state index contributed by atoms with van der Waals surface area (Å²) in [6.07, 6.45) is 0.447. The molecule has 0 amide bonds. The zero-order valence-electron chi connectivity index (χ0n) is 8.30. The molecule has 0 aliphatic rings. The van der Waals surface area contributed by atoms with E-state index in [1.165, 1.54) is 12.1 Å². The quantitative estimate of drug-likeness (QED) is 0.772. The fourth-order valence-electron chi connectivity index (χ4n) is 1.54. The molecule has 0 fully saturated rings. The summed E-state index contributed by atoms with van der Waals surface area (Å²) in [5.41, 5.74) is 2.10. The number of rotatable bonds is 2. The van der Waals surface area contributed by atoms with Crippen LogP contribution in [-0.4, -0.2) is 10.2 Å². The molecule has 0 aliphatic carbocycles. The van der Waals surface area contributed by atoms with E-state index in [9.17, 15) is 9.18 Å². The second-order valence-electron chi connectivity index (χ2n) is 3.49. The van der Waals surface area contributed by atoms with E-state index in [2.05, 4.69) is 10.2 Å². The molecule has 0 aliphatic heterocycles. The number of aromatic amines is 2. The van der Waals surface area contributed by atoms with Crippen LogP contribution < -0.4 is 5.56 Å². The van der Waals surface area contributed by atoms with Crippen molar-refractivity contribution in [2.45, 2.75) is 13.3 Å². The molecule has 0 unspecified atom stereocenters. The van der Waals surface area contributed by atoms with Crippen molar-refractivity contribution in [2.24, 2.45) is 0 Å². The predicted molar refractivity (Wildman–Crippen MR) is 55.4 cm³/mol. The molecule has 15 heavy (non-hydrogen) atoms. The molecule has 2 N–H and O–H groups in total. The highest BCUT2D eigenvalue weighted by atomic mass is 19.1. The molecule has 1 aromatic heterocycles. The Morgan fingerprint density at radius 3 is 2.73 bits per heavy atom. The molecule has 2 aromatic rings. The lowest BCUT2D eigenvalue weighted by Gasteiger charge is -1.99. The Hall–Kier alpha value is -1.84. The summed E-state index contributed by atoms with van der Waals surface area (Å²) in [5, 5.41) is 5.24. The van der Waals surface area contributed by atoms with Crippen molar-refractivity contribution < 1.29 is 4.39 Å². The minimum atomic E-state index is -0.280. The first-order chi connectivity index (χ1) is 7.16. The van der Waals surface area contributed by atoms with E-state index in [1.54, 1.807) is 12.1 Å². The van der Waals surface area contributed by atoms with Crippen molar-refractivity contribution in [3.8, 4) is 0 Å². The van der Waals surface area contributed by atoms with Crippen LogP contribution >= 0.6 is 0 Å². The first-order valence-corrected chi connectivity index (χ1v) is 4.67. The topological polar surface area (TPSA) is 48.6 Å². The van der Waals surface area contributed by atoms with E-state index in [1.807, 2.05) is 6.92 Å². The number of benzene rings is 1. The van der Waals surface area contributed by atoms with Gasteiger partial charge in [-0.1, -0.05) is 12.1 Å². The lowest BCUT2D eigenvalue weighted by atomic mass is 10.1. The fourth-order valence-corrected chi connectivity index (χ4v) is 1.54. The lowest BCUT2D eigenvalue weighted by molar-refractivity contribution is 0.626. The van der Waals surface area contributed by atoms with Crippen molar-refractivity contribution in [3.63, 3.8) is 0 Å². The number of hydrogen-bond acceptors (Lipinski definition) is 1. The minimum absolute atomic E-state index is 0.142. The summed E-state index contributed by atoms with van der Waals surface area (Å²) in [4.78, 5) is 11.3. The smallest absolute Gasteiger partial charge is 0.267 e. The van der Waals surface area contributed by atoms with Gasteiger partial charge in [0.2, 0.25) is 0 Å². The molecule has 78 valence electrons. The maximum atomic E-state index is 12.9. The Labute approximate surface area is 85.9 Å². The van der Waals surface area contributed by atoms with Crippen LogP contribution in [0.3, 0.4) is 0 Å². The third kappa shape index (κ3) is 1.98. The molecule has 0 saturated carbocycles. The van der Waals surface area contributed by atoms with Crippen LogP contribution in [0.5, 0.6) is 0 Å². The highest BCUT2D eigenvalue weighted by Gasteiger charge is 2.06. The summed E-state index contributed by atoms with van der Waals surface area (Å²) in [6.45, 7) is 1.81. The second kappa shape index (κ2) is 3.73. The van der Waals surface area contributed by atoms with Gasteiger partial charge in [0.1, 0.15) is 5.82 Å². The molecule has 1 heterocycles. The van der Waals surface area contributed by atoms with Crippen LogP contribution in [0.4, 0.5) is 4.39 Å². The maximum Gasteiger partial charge on any atom is 0.267 e. The molecular weight excluding hydrogens is 195 g/mol. The van der Waals surface area contributed by atoms with Gasteiger partial charge in [-0.15, -0.1) is 0 Å². The Morgan fingerprint density at radius 2 is 2.13 bits per heavy atom. The van der Waals surface area contributed by atoms with Crippen molar-refractivity contribution >= 4 is 0 Å². The third-order valence-corrected chi connectivity index (χ3v) is 2.36. The van der Waals surface area contributed by atoms with Crippen LogP contribution in [0.2, 0.25) is 0 Å². The molecule has 0 bridgehead atoms. The van der Waals surface area contributed by atoms with E-state index in [0.29, 0.717) is 12.0 Å². The average molecular weight is 206 g/mol. The van der Waals surface area contributed by atoms with Crippen molar-refractivity contribution in [3.05, 3.63) is 57.3 Å². The normalized spacial score (nSPS) is 10.5. The molecule has 0 radical (unpaired) electrons. The van der Waals surface area contributed by atoms with E-state index in [4.69, 9.17) is 0 Å². The highest BCUT2D eigenvalue weighted by molar-refractivity contribution is 5.26. The Bertz CT molecular complexity index is 527. The monoisotopic (exact) mass is 206 g/mol. The maximum absolute atomic E-state index is 12.9. The van der Waals surface area contributed by atoms with Crippen LogP contribution in [0.1, 0.15) is 16.8 Å². The first kappa shape index (κ1) is 9.71. The Morgan fingerprint density at radius 1 is 1.33 bits per heavy atom. The summed E-state index contributed by atoms with van der Waals surface area (Å²) in [5.74, 6) is -0.280. The highest BCUT2D eigenvalue weighted by Crippen LogP contribution is 2.09. The van der Waals surface area contributed by atoms with Gasteiger partial charge in [-0.3, -0.25) is 9.89 Å². The molecular formula is C11H11FN2O. The van der Waals surface area contributed by atoms with E-state index in [-0.39, 0.29) is 11.4 Å². The van der Waals surface area contributed by atoms with E-state index >= 15 is 0 Å². The van der Waals surface area contributed by atoms with Gasteiger partial charge in [0.15, 0.2) is 0 Å². The van der Waals surface area contributed by atoms with Gasteiger partial charge < -0.3 is 5.10 Å². The van der Waals surface area contributed by atoms with Crippen molar-refractivity contribution in [2.75, 3.05) is 0 Å². The van der Waals surface area contributed by atoms with Crippen LogP contribution in [-0.2, 0) is 6.42 Å². The summed E-state index contributed by atoms with van der Waals surface area (Å²) >= 11 is 0. The van der Waals surface area contributed by atoms with Gasteiger partial charge in [0.25, 0.3) is 5.56 Å². The van der Waals surface area contributed by atoms with Crippen molar-refractivity contribution in [1.82, 2.24) is 10.2 Å². The van der Waals surface area contributed by atoms with Gasteiger partial charge >= 0.3 is 0 Å². The van der Waals surface area contributed by atoms with Gasteiger partial charge in [-0.25, -0.2) is 4.39 Å². The van der Waals surface area contributed by atoms with Gasteiger partial charge in [-0.2, -0.15) is 0 Å². The molecule has 0 spiro atoms. The van der Waals surface area contributed by atoms with E-state index < -0.39 is 0 Å². The van der Waals surface area contributed by atoms with Crippen LogP contribution in [0.15, 0.2) is 29.1 Å². The molecule has 2 rings (SSSR count). The number of H-pyrrole nitrogens is 2. The van der Waals surface area contributed by atoms with E-state index in [0.717, 1.165) is 11.3 Å². The summed E-state index contributed by atoms with van der Waals surface area (Å²) in [6, 6.07) is 6.26. The fraction of sp³-hybridized carbons (Fsp3) is 0.182. The molecule has 0 saturated heterocycles. The van der Waals surface area contributed by atoms with Crippen LogP contribution in [0.25, 0.3) is 0 Å². The van der Waals surface area contributed by atoms with Gasteiger partial charge in [0, 0.05) is 17.7 Å². The predicted octanol–water partition coefficient (Wildman–Crippen LogP) is 1.74. The lowest BCUT2D eigenvalue weighted by Crippen LogP contribution is -2.06. The molecule has 0 atom stereocenters. The zero-order chi connectivity index (χ0) is 10.8. The van der Waals surface area contributed by atoms with Gasteiger partial charge in [-0.05, 0) is 24.6 Å². The summed E-state index contributed by atoms with van der Waals surface area (Å²) in [7, 11) is 0. The second-order valence-corrected chi connectivity index (χ2v) is 3.49. The molecule has 4 heteroatoms. The molecule has 3 nitrogen and oxygen atoms in total.